The number of unbranched alkanes of at least 4 members (excludes halogenated alkanes) is 5. The molecule has 1 heterocycles. The molecule has 778 valence electrons. The average molecular weight is 1990 g/mol. The molecule has 33 heteroatoms. The second kappa shape index (κ2) is 60.7. The van der Waals surface area contributed by atoms with E-state index in [1.807, 2.05) is 141 Å². The predicted molar refractivity (Wildman–Crippen MR) is 564 cm³/mol. The molecule has 7 atom stereocenters. The van der Waals surface area contributed by atoms with E-state index in [1.54, 1.807) is 151 Å². The number of hydrogen-bond donors (Lipinski definition) is 8. The zero-order chi connectivity index (χ0) is 105. The fraction of sp³-hybridized carbons (Fsp3) is 0.438. The van der Waals surface area contributed by atoms with Gasteiger partial charge in [-0.1, -0.05) is 231 Å². The maximum atomic E-state index is 16.1. The average Bonchev–Trinajstić information content (AvgIpc) is 1.03. The molecule has 0 aliphatic carbocycles. The van der Waals surface area contributed by atoms with Crippen molar-refractivity contribution in [2.45, 2.75) is 161 Å². The first-order valence-corrected chi connectivity index (χ1v) is 50.8. The molecule has 0 fully saturated rings. The number of fused-ring (bicyclic) bond motifs is 1. The Labute approximate surface area is 854 Å². The lowest BCUT2D eigenvalue weighted by molar-refractivity contribution is -0.151. The second-order valence-corrected chi connectivity index (χ2v) is 37.1. The Kier molecular flexibility index (Phi) is 48.0. The highest BCUT2D eigenvalue weighted by Crippen LogP contribution is 2.31. The number of amides is 13. The van der Waals surface area contributed by atoms with Gasteiger partial charge in [-0.15, -0.1) is 0 Å². The standard InChI is InChI=1S/C112H152N20O13/c1-83(90-41-15-8-16-42-90)126(71-100(118)133)107(140)73-123(66-38-33-60-115)105(138)78-128(85(3)92-45-19-10-20-46-92)108(141)74-122(65-37-32-59-114)102(135)72-121(64-36-31-58-113)104(137)79-129(86(4)93-47-21-11-22-48-93)111(144)81-132(89(7)96-53-27-14-28-54-96)110(143)76-125(68-40-35-62-117)106(139)80-130(87(5)94-49-23-12-24-50-94)112(145)82-131(88(6)95-51-25-13-26-52-95)109(142)75-124(67-39-34-61-116)103(136)77-127(84(2)91-43-17-9-18-44-91)101(134)70-119-63-57-97-69-120-99-56-30-29-55-98(97)99/h8-30,41-56,69,83-89,119-120H,31-40,57-68,70-82,113-117H2,1-7H3,(H2,118,133)/t83-,84-,85-,86-,87-,88-,89-/m0/s1. The van der Waals surface area contributed by atoms with Crippen LogP contribution < -0.4 is 39.7 Å². The van der Waals surface area contributed by atoms with Crippen LogP contribution in [0.5, 0.6) is 0 Å². The van der Waals surface area contributed by atoms with Gasteiger partial charge in [-0.3, -0.25) is 62.3 Å². The summed E-state index contributed by atoms with van der Waals surface area (Å²) in [6.07, 6.45) is 6.62. The maximum absolute atomic E-state index is 16.1. The van der Waals surface area contributed by atoms with Crippen molar-refractivity contribution >= 4 is 87.7 Å². The van der Waals surface area contributed by atoms with Gasteiger partial charge in [0.2, 0.25) is 76.8 Å². The van der Waals surface area contributed by atoms with Crippen LogP contribution in [0, 0.1) is 0 Å². The summed E-state index contributed by atoms with van der Waals surface area (Å²) < 4.78 is 0. The molecule has 0 saturated heterocycles. The van der Waals surface area contributed by atoms with Crippen LogP contribution in [0.25, 0.3) is 10.9 Å². The minimum absolute atomic E-state index is 0.00455. The van der Waals surface area contributed by atoms with Crippen molar-refractivity contribution in [3.63, 3.8) is 0 Å². The van der Waals surface area contributed by atoms with Gasteiger partial charge in [0.25, 0.3) is 0 Å². The van der Waals surface area contributed by atoms with E-state index in [1.165, 1.54) is 58.8 Å². The molecule has 8 aromatic carbocycles. The van der Waals surface area contributed by atoms with Crippen LogP contribution in [0.4, 0.5) is 0 Å². The number of primary amides is 1. The van der Waals surface area contributed by atoms with Crippen molar-refractivity contribution in [3.05, 3.63) is 287 Å². The van der Waals surface area contributed by atoms with E-state index in [9.17, 15) is 14.4 Å². The van der Waals surface area contributed by atoms with Gasteiger partial charge in [-0.05, 0) is 209 Å². The normalized spacial score (nSPS) is 12.6. The van der Waals surface area contributed by atoms with Crippen LogP contribution >= 0.6 is 0 Å². The Bertz CT molecular complexity index is 5550. The van der Waals surface area contributed by atoms with Crippen molar-refractivity contribution in [1.29, 1.82) is 0 Å². The quantitative estimate of drug-likeness (QED) is 0.0164. The Morgan fingerprint density at radius 1 is 0.248 bits per heavy atom. The molecule has 0 saturated carbocycles. The van der Waals surface area contributed by atoms with Crippen LogP contribution in [0.2, 0.25) is 0 Å². The Morgan fingerprint density at radius 3 is 0.690 bits per heavy atom. The molecule has 0 aliphatic heterocycles. The highest BCUT2D eigenvalue weighted by Gasteiger charge is 2.39. The number of nitrogens with one attached hydrogen (secondary N) is 2. The fourth-order valence-electron chi connectivity index (χ4n) is 17.9. The Hall–Kier alpha value is -13.8. The van der Waals surface area contributed by atoms with Crippen molar-refractivity contribution in [3.8, 4) is 0 Å². The van der Waals surface area contributed by atoms with Gasteiger partial charge >= 0.3 is 0 Å². The summed E-state index contributed by atoms with van der Waals surface area (Å²) in [4.78, 5) is 219. The van der Waals surface area contributed by atoms with Crippen LogP contribution in [0.3, 0.4) is 0 Å². The summed E-state index contributed by atoms with van der Waals surface area (Å²) in [7, 11) is 0. The van der Waals surface area contributed by atoms with Crippen molar-refractivity contribution in [2.24, 2.45) is 34.4 Å². The van der Waals surface area contributed by atoms with Gasteiger partial charge in [0, 0.05) is 49.8 Å². The highest BCUT2D eigenvalue weighted by molar-refractivity contribution is 5.96. The molecule has 9 aromatic rings. The number of carbonyl (C=O) groups excluding carboxylic acids is 13. The molecule has 0 aliphatic rings. The predicted octanol–water partition coefficient (Wildman–Crippen LogP) is 9.75. The van der Waals surface area contributed by atoms with Crippen LogP contribution in [-0.4, -0.2) is 298 Å². The van der Waals surface area contributed by atoms with Crippen LogP contribution in [0.15, 0.2) is 243 Å². The van der Waals surface area contributed by atoms with E-state index in [4.69, 9.17) is 34.4 Å². The Morgan fingerprint density at radius 2 is 0.448 bits per heavy atom. The van der Waals surface area contributed by atoms with E-state index in [-0.39, 0.29) is 71.4 Å². The van der Waals surface area contributed by atoms with Gasteiger partial charge in [-0.25, -0.2) is 0 Å². The number of para-hydroxylation sites is 1. The number of aromatic amines is 1. The van der Waals surface area contributed by atoms with Gasteiger partial charge < -0.3 is 104 Å². The molecule has 14 N–H and O–H groups in total. The molecule has 0 bridgehead atoms. The highest BCUT2D eigenvalue weighted by atomic mass is 16.2. The minimum Gasteiger partial charge on any atom is -0.368 e. The van der Waals surface area contributed by atoms with Crippen molar-refractivity contribution in [1.82, 2.24) is 69.1 Å². The van der Waals surface area contributed by atoms with E-state index in [0.29, 0.717) is 112 Å². The molecular weight excluding hydrogens is 1830 g/mol. The first-order chi connectivity index (χ1) is 70.0. The lowest BCUT2D eigenvalue weighted by Gasteiger charge is -2.37. The summed E-state index contributed by atoms with van der Waals surface area (Å²) in [5.41, 5.74) is 42.9. The number of nitrogens with zero attached hydrogens (tertiary/aromatic N) is 12. The number of benzene rings is 8. The molecule has 0 radical (unpaired) electrons. The van der Waals surface area contributed by atoms with E-state index < -0.39 is 192 Å². The van der Waals surface area contributed by atoms with Crippen molar-refractivity contribution < 1.29 is 62.3 Å². The second-order valence-electron chi connectivity index (χ2n) is 37.1. The first kappa shape index (κ1) is 115. The summed E-state index contributed by atoms with van der Waals surface area (Å²) in [5, 5.41) is 4.39. The maximum Gasteiger partial charge on any atom is 0.243 e. The van der Waals surface area contributed by atoms with E-state index in [0.717, 1.165) is 27.6 Å². The third-order valence-electron chi connectivity index (χ3n) is 27.0. The molecule has 0 unspecified atom stereocenters. The number of aromatic nitrogens is 1. The summed E-state index contributed by atoms with van der Waals surface area (Å²) in [6, 6.07) is 66.2. The largest absolute Gasteiger partial charge is 0.368 e. The minimum atomic E-state index is -0.873. The van der Waals surface area contributed by atoms with E-state index >= 15 is 47.9 Å². The number of rotatable bonds is 63. The monoisotopic (exact) mass is 1990 g/mol. The van der Waals surface area contributed by atoms with Gasteiger partial charge in [0.1, 0.15) is 39.3 Å². The summed E-state index contributed by atoms with van der Waals surface area (Å²) in [5.74, 6) is -8.02. The first-order valence-electron chi connectivity index (χ1n) is 50.8. The number of carbonyl (C=O) groups is 13. The SMILES string of the molecule is C[C@@H](c1ccccc1)N(CC(N)=O)C(=O)CN(CCCCN)C(=O)CN(C(=O)CN(CCCCN)C(=O)CN(CCCCN)C(=O)CN(C(=O)CN(C(=O)CN(CCCCN)C(=O)CN(C(=O)CN(C(=O)CN(CCCCN)C(=O)CN(C(=O)CNCCc1c[nH]c2ccccc12)[C@@H](C)c1ccccc1)[C@@H](C)c1ccccc1)[C@@H](C)c1ccccc1)[C@@H](C)c1ccccc1)[C@@H](C)c1ccccc1)[C@@H](C)c1ccccc1. The fourth-order valence-corrected chi connectivity index (χ4v) is 17.9. The van der Waals surface area contributed by atoms with Gasteiger partial charge in [0.15, 0.2) is 0 Å². The number of nitrogens with two attached hydrogens (primary N) is 6. The molecular formula is C112H152N20O13. The van der Waals surface area contributed by atoms with Crippen molar-refractivity contribution in [2.75, 3.05) is 157 Å². The third kappa shape index (κ3) is 35.3. The molecule has 9 rings (SSSR count). The molecule has 13 amide bonds. The van der Waals surface area contributed by atoms with Gasteiger partial charge in [0.05, 0.1) is 88.1 Å². The zero-order valence-electron chi connectivity index (χ0n) is 85.5. The van der Waals surface area contributed by atoms with Crippen LogP contribution in [-0.2, 0) is 68.7 Å². The van der Waals surface area contributed by atoms with Crippen LogP contribution in [0.1, 0.15) is 199 Å². The van der Waals surface area contributed by atoms with Gasteiger partial charge in [-0.2, -0.15) is 0 Å². The summed E-state index contributed by atoms with van der Waals surface area (Å²) >= 11 is 0. The third-order valence-corrected chi connectivity index (χ3v) is 27.0. The molecule has 0 spiro atoms. The zero-order valence-corrected chi connectivity index (χ0v) is 85.5. The molecule has 145 heavy (non-hydrogen) atoms. The number of H-pyrrole nitrogens is 1. The lowest BCUT2D eigenvalue weighted by atomic mass is 10.0. The Balaban J connectivity index is 0.995. The van der Waals surface area contributed by atoms with E-state index in [2.05, 4.69) is 10.3 Å². The molecule has 1 aromatic heterocycles. The summed E-state index contributed by atoms with van der Waals surface area (Å²) in [6.45, 7) is 7.50. The number of hydrogen-bond acceptors (Lipinski definition) is 19. The smallest absolute Gasteiger partial charge is 0.243 e. The lowest BCUT2D eigenvalue weighted by Crippen LogP contribution is -2.54. The topological polar surface area (TPSA) is 445 Å². The molecule has 33 nitrogen and oxygen atoms in total.